The van der Waals surface area contributed by atoms with E-state index in [9.17, 15) is 13.2 Å². The van der Waals surface area contributed by atoms with Gasteiger partial charge in [0.25, 0.3) is 0 Å². The summed E-state index contributed by atoms with van der Waals surface area (Å²) in [6.07, 6.45) is -4.68. The van der Waals surface area contributed by atoms with Crippen LogP contribution in [0.4, 0.5) is 24.5 Å². The van der Waals surface area contributed by atoms with Crippen molar-refractivity contribution in [3.63, 3.8) is 0 Å². The molecule has 0 saturated carbocycles. The maximum atomic E-state index is 12.5. The summed E-state index contributed by atoms with van der Waals surface area (Å²) in [5.41, 5.74) is 3.24. The van der Waals surface area contributed by atoms with Crippen molar-refractivity contribution in [3.8, 4) is 0 Å². The van der Waals surface area contributed by atoms with Crippen molar-refractivity contribution in [2.75, 3.05) is 12.8 Å². The first-order chi connectivity index (χ1) is 6.62. The van der Waals surface area contributed by atoms with Crippen molar-refractivity contribution in [2.24, 2.45) is 0 Å². The number of nitrogens with two attached hydrogens (primary N) is 1. The summed E-state index contributed by atoms with van der Waals surface area (Å²) in [6, 6.07) is 2.73. The molecule has 7 heteroatoms. The molecule has 0 aliphatic carbocycles. The number of halogens is 3. The molecule has 0 saturated heterocycles. The largest absolute Gasteiger partial charge is 0.422 e. The first-order valence-electron chi connectivity index (χ1n) is 3.91. The molecule has 0 bridgehead atoms. The zero-order valence-corrected chi connectivity index (χ0v) is 7.78. The number of nitrogen functional groups attached to an aromatic ring is 1. The van der Waals surface area contributed by atoms with Gasteiger partial charge < -0.3 is 5.73 Å². The van der Waals surface area contributed by atoms with Crippen LogP contribution in [-0.4, -0.2) is 17.5 Å². The van der Waals surface area contributed by atoms with Gasteiger partial charge in [-0.15, -0.1) is 0 Å². The molecule has 84 valence electrons. The van der Waals surface area contributed by atoms with Crippen molar-refractivity contribution >= 4 is 11.4 Å². The van der Waals surface area contributed by atoms with Crippen LogP contribution in [0.15, 0.2) is 18.2 Å². The lowest BCUT2D eigenvalue weighted by atomic mass is 10.1. The van der Waals surface area contributed by atoms with Crippen LogP contribution in [0.1, 0.15) is 5.56 Å². The monoisotopic (exact) mass is 223 g/mol. The highest BCUT2D eigenvalue weighted by Crippen LogP contribution is 2.38. The van der Waals surface area contributed by atoms with Crippen LogP contribution in [0.2, 0.25) is 0 Å². The van der Waals surface area contributed by atoms with E-state index < -0.39 is 22.2 Å². The molecule has 0 aliphatic heterocycles. The molecule has 0 unspecified atom stereocenters. The molecule has 0 heterocycles. The fourth-order valence-corrected chi connectivity index (χ4v) is 1.15. The fourth-order valence-electron chi connectivity index (χ4n) is 1.15. The summed E-state index contributed by atoms with van der Waals surface area (Å²) in [5, 5.41) is 18.2. The molecule has 0 atom stereocenters. The minimum absolute atomic E-state index is 0.0977. The van der Waals surface area contributed by atoms with Gasteiger partial charge in [-0.1, -0.05) is 0 Å². The number of quaternary nitrogens is 1. The Morgan fingerprint density at radius 1 is 1.27 bits per heavy atom. The van der Waals surface area contributed by atoms with Gasteiger partial charge >= 0.3 is 6.18 Å². The van der Waals surface area contributed by atoms with Crippen LogP contribution in [0.3, 0.4) is 0 Å². The van der Waals surface area contributed by atoms with Gasteiger partial charge in [0, 0.05) is 11.8 Å². The molecule has 0 amide bonds. The Bertz CT molecular complexity index is 371. The second-order valence-electron chi connectivity index (χ2n) is 3.19. The Balaban J connectivity index is 3.41. The average Bonchev–Trinajstić information content (AvgIpc) is 2.00. The van der Waals surface area contributed by atoms with E-state index in [0.29, 0.717) is 6.07 Å². The topological polar surface area (TPSA) is 66.5 Å². The molecule has 4 nitrogen and oxygen atoms in total. The highest BCUT2D eigenvalue weighted by atomic mass is 19.4. The quantitative estimate of drug-likeness (QED) is 0.387. The number of benzene rings is 1. The summed E-state index contributed by atoms with van der Waals surface area (Å²) in [5.74, 6) is 0. The molecule has 15 heavy (non-hydrogen) atoms. The summed E-state index contributed by atoms with van der Waals surface area (Å²) in [7, 11) is 0.792. The number of hydroxylamine groups is 2. The third-order valence-electron chi connectivity index (χ3n) is 1.78. The van der Waals surface area contributed by atoms with E-state index in [0.717, 1.165) is 19.2 Å². The van der Waals surface area contributed by atoms with Crippen LogP contribution in [0, 0.1) is 0 Å². The lowest BCUT2D eigenvalue weighted by molar-refractivity contribution is -0.275. The number of rotatable bonds is 1. The Morgan fingerprint density at radius 3 is 2.20 bits per heavy atom. The Kier molecular flexibility index (Phi) is 2.64. The summed E-state index contributed by atoms with van der Waals surface area (Å²) < 4.78 is 37.4. The summed E-state index contributed by atoms with van der Waals surface area (Å²) in [4.78, 5) is -1.89. The lowest BCUT2D eigenvalue weighted by Crippen LogP contribution is -2.38. The van der Waals surface area contributed by atoms with Crippen molar-refractivity contribution in [1.82, 2.24) is 4.81 Å². The molecule has 1 aromatic rings. The first kappa shape index (κ1) is 11.8. The zero-order chi connectivity index (χ0) is 11.9. The smallest absolute Gasteiger partial charge is 0.399 e. The van der Waals surface area contributed by atoms with Gasteiger partial charge in [-0.25, -0.2) is 0 Å². The van der Waals surface area contributed by atoms with Crippen LogP contribution < -0.4 is 10.5 Å². The maximum Gasteiger partial charge on any atom is 0.422 e. The van der Waals surface area contributed by atoms with Crippen molar-refractivity contribution < 1.29 is 23.6 Å². The Hall–Kier alpha value is -1.31. The third kappa shape index (κ3) is 2.58. The molecular weight excluding hydrogens is 213 g/mol. The highest BCUT2D eigenvalue weighted by Gasteiger charge is 2.40. The van der Waals surface area contributed by atoms with Crippen molar-refractivity contribution in [2.45, 2.75) is 6.18 Å². The predicted octanol–water partition coefficient (Wildman–Crippen LogP) is 2.00. The fraction of sp³-hybridized carbons (Fsp3) is 0.250. The number of hydrogen-bond donors (Lipinski definition) is 3. The highest BCUT2D eigenvalue weighted by molar-refractivity contribution is 5.56. The van der Waals surface area contributed by atoms with Crippen molar-refractivity contribution in [1.29, 1.82) is 0 Å². The van der Waals surface area contributed by atoms with E-state index in [2.05, 4.69) is 0 Å². The molecule has 0 aromatic heterocycles. The van der Waals surface area contributed by atoms with E-state index in [4.69, 9.17) is 16.1 Å². The second-order valence-corrected chi connectivity index (χ2v) is 3.19. The van der Waals surface area contributed by atoms with E-state index in [1.807, 2.05) is 0 Å². The van der Waals surface area contributed by atoms with Gasteiger partial charge in [-0.3, -0.25) is 0 Å². The van der Waals surface area contributed by atoms with Gasteiger partial charge in [0.1, 0.15) is 12.6 Å². The first-order valence-corrected chi connectivity index (χ1v) is 3.91. The summed E-state index contributed by atoms with van der Waals surface area (Å²) in [6.45, 7) is 0. The molecule has 0 spiro atoms. The second kappa shape index (κ2) is 3.37. The van der Waals surface area contributed by atoms with E-state index in [1.165, 1.54) is 0 Å². The van der Waals surface area contributed by atoms with Gasteiger partial charge in [0.2, 0.25) is 5.69 Å². The van der Waals surface area contributed by atoms with Gasteiger partial charge in [-0.05, 0) is 16.9 Å². The maximum absolute atomic E-state index is 12.5. The minimum atomic E-state index is -4.68. The molecule has 1 rings (SSSR count). The SMILES string of the molecule is C[N+](O)(O)c1ccc(N)cc1C(F)(F)F. The van der Waals surface area contributed by atoms with Gasteiger partial charge in [0.05, 0.1) is 0 Å². The molecule has 0 radical (unpaired) electrons. The van der Waals surface area contributed by atoms with E-state index in [-0.39, 0.29) is 5.69 Å². The molecule has 0 fully saturated rings. The minimum Gasteiger partial charge on any atom is -0.399 e. The van der Waals surface area contributed by atoms with E-state index >= 15 is 0 Å². The van der Waals surface area contributed by atoms with Crippen LogP contribution in [0.25, 0.3) is 0 Å². The average molecular weight is 223 g/mol. The van der Waals surface area contributed by atoms with Gasteiger partial charge in [0.15, 0.2) is 0 Å². The molecule has 1 aromatic carbocycles. The lowest BCUT2D eigenvalue weighted by Gasteiger charge is -2.19. The Morgan fingerprint density at radius 2 is 1.80 bits per heavy atom. The number of alkyl halides is 3. The number of nitrogens with zero attached hydrogens (tertiary/aromatic N) is 1. The number of hydrogen-bond acceptors (Lipinski definition) is 3. The summed E-state index contributed by atoms with van der Waals surface area (Å²) >= 11 is 0. The van der Waals surface area contributed by atoms with Crippen molar-refractivity contribution in [3.05, 3.63) is 23.8 Å². The molecule has 0 aliphatic rings. The normalized spacial score (nSPS) is 12.9. The van der Waals surface area contributed by atoms with Crippen LogP contribution in [0.5, 0.6) is 0 Å². The van der Waals surface area contributed by atoms with Crippen LogP contribution >= 0.6 is 0 Å². The molecular formula is C8H10F3N2O2+. The van der Waals surface area contributed by atoms with Gasteiger partial charge in [-0.2, -0.15) is 23.6 Å². The third-order valence-corrected chi connectivity index (χ3v) is 1.78. The predicted molar refractivity (Wildman–Crippen MR) is 47.1 cm³/mol. The van der Waals surface area contributed by atoms with Crippen LogP contribution in [-0.2, 0) is 6.18 Å². The molecule has 4 N–H and O–H groups in total. The number of anilines is 1. The van der Waals surface area contributed by atoms with E-state index in [1.54, 1.807) is 0 Å². The standard InChI is InChI=1S/C8H10F3N2O2/c1-13(14,15)7-3-2-5(12)4-6(7)8(9,10)11/h2-4,14-15H,12H2,1H3/q+1. The Labute approximate surface area is 83.5 Å². The zero-order valence-electron chi connectivity index (χ0n) is 7.78.